The van der Waals surface area contributed by atoms with Crippen molar-refractivity contribution in [3.05, 3.63) is 0 Å². The van der Waals surface area contributed by atoms with Crippen molar-refractivity contribution in [1.82, 2.24) is 4.90 Å². The summed E-state index contributed by atoms with van der Waals surface area (Å²) >= 11 is 0. The summed E-state index contributed by atoms with van der Waals surface area (Å²) in [6, 6.07) is 1.74. The molecule has 0 aliphatic heterocycles. The minimum Gasteiger partial charge on any atom is -0.329 e. The van der Waals surface area contributed by atoms with Gasteiger partial charge in [-0.3, -0.25) is 4.90 Å². The van der Waals surface area contributed by atoms with Gasteiger partial charge in [0.2, 0.25) is 0 Å². The largest absolute Gasteiger partial charge is 0.329 e. The molecular weight excluding hydrogens is 148 g/mol. The van der Waals surface area contributed by atoms with Crippen LogP contribution in [0.2, 0.25) is 0 Å². The molecule has 0 saturated carbocycles. The summed E-state index contributed by atoms with van der Waals surface area (Å²) < 4.78 is 0. The predicted molar refractivity (Wildman–Crippen MR) is 55.2 cm³/mol. The lowest BCUT2D eigenvalue weighted by Gasteiger charge is -2.37. The highest BCUT2D eigenvalue weighted by atomic mass is 15.2. The molecule has 0 aromatic rings. The van der Waals surface area contributed by atoms with Crippen molar-refractivity contribution >= 4 is 0 Å². The van der Waals surface area contributed by atoms with Crippen LogP contribution < -0.4 is 5.73 Å². The van der Waals surface area contributed by atoms with Crippen LogP contribution in [0.3, 0.4) is 0 Å². The summed E-state index contributed by atoms with van der Waals surface area (Å²) in [6.45, 7) is 11.9. The zero-order valence-corrected chi connectivity index (χ0v) is 9.17. The Morgan fingerprint density at radius 1 is 1.08 bits per heavy atom. The molecule has 2 N–H and O–H groups in total. The molecule has 0 heterocycles. The molecule has 74 valence electrons. The zero-order valence-electron chi connectivity index (χ0n) is 9.17. The van der Waals surface area contributed by atoms with Gasteiger partial charge >= 0.3 is 0 Å². The third-order valence-electron chi connectivity index (χ3n) is 2.36. The lowest BCUT2D eigenvalue weighted by molar-refractivity contribution is 0.113. The third-order valence-corrected chi connectivity index (χ3v) is 2.36. The molecule has 0 amide bonds. The minimum atomic E-state index is 0.546. The van der Waals surface area contributed by atoms with E-state index in [9.17, 15) is 0 Å². The molecule has 0 radical (unpaired) electrons. The molecule has 1 unspecified atom stereocenters. The summed E-state index contributed by atoms with van der Waals surface area (Å²) in [6.07, 6.45) is 1.15. The first-order valence-corrected chi connectivity index (χ1v) is 5.02. The Hall–Kier alpha value is -0.0800. The summed E-state index contributed by atoms with van der Waals surface area (Å²) in [4.78, 5) is 2.49. The molecule has 0 bridgehead atoms. The van der Waals surface area contributed by atoms with Crippen LogP contribution in [0.1, 0.15) is 41.0 Å². The lowest BCUT2D eigenvalue weighted by atomic mass is 10.1. The topological polar surface area (TPSA) is 29.3 Å². The van der Waals surface area contributed by atoms with Gasteiger partial charge in [0, 0.05) is 24.7 Å². The quantitative estimate of drug-likeness (QED) is 0.685. The van der Waals surface area contributed by atoms with E-state index in [2.05, 4.69) is 39.5 Å². The van der Waals surface area contributed by atoms with Gasteiger partial charge in [-0.25, -0.2) is 0 Å². The minimum absolute atomic E-state index is 0.546. The van der Waals surface area contributed by atoms with Crippen LogP contribution in [0.25, 0.3) is 0 Å². The van der Waals surface area contributed by atoms with Crippen LogP contribution in [-0.2, 0) is 0 Å². The van der Waals surface area contributed by atoms with E-state index in [0.29, 0.717) is 18.1 Å². The van der Waals surface area contributed by atoms with Gasteiger partial charge in [0.1, 0.15) is 0 Å². The molecule has 0 aliphatic carbocycles. The summed E-state index contributed by atoms with van der Waals surface area (Å²) in [5.74, 6) is 0. The Labute approximate surface area is 77.1 Å². The first-order chi connectivity index (χ1) is 5.54. The number of hydrogen-bond acceptors (Lipinski definition) is 2. The lowest BCUT2D eigenvalue weighted by Crippen LogP contribution is -2.48. The van der Waals surface area contributed by atoms with Crippen LogP contribution >= 0.6 is 0 Å². The van der Waals surface area contributed by atoms with Crippen molar-refractivity contribution in [2.45, 2.75) is 59.2 Å². The molecule has 0 spiro atoms. The Kier molecular flexibility index (Phi) is 5.51. The van der Waals surface area contributed by atoms with Crippen LogP contribution in [0.5, 0.6) is 0 Å². The van der Waals surface area contributed by atoms with E-state index < -0.39 is 0 Å². The van der Waals surface area contributed by atoms with E-state index in [1.165, 1.54) is 0 Å². The molecule has 2 heteroatoms. The molecule has 12 heavy (non-hydrogen) atoms. The van der Waals surface area contributed by atoms with E-state index >= 15 is 0 Å². The Balaban J connectivity index is 4.26. The maximum absolute atomic E-state index is 5.72. The van der Waals surface area contributed by atoms with E-state index in [1.807, 2.05) is 0 Å². The number of nitrogens with zero attached hydrogens (tertiary/aromatic N) is 1. The normalized spacial score (nSPS) is 14.8. The molecule has 0 aliphatic rings. The van der Waals surface area contributed by atoms with E-state index in [0.717, 1.165) is 13.0 Å². The van der Waals surface area contributed by atoms with Crippen molar-refractivity contribution in [2.24, 2.45) is 5.73 Å². The molecule has 0 aromatic heterocycles. The van der Waals surface area contributed by atoms with E-state index in [4.69, 9.17) is 5.73 Å². The first kappa shape index (κ1) is 11.9. The number of rotatable bonds is 5. The van der Waals surface area contributed by atoms with Gasteiger partial charge in [-0.1, -0.05) is 6.92 Å². The highest BCUT2D eigenvalue weighted by Crippen LogP contribution is 2.12. The average molecular weight is 172 g/mol. The fourth-order valence-electron chi connectivity index (χ4n) is 1.94. The van der Waals surface area contributed by atoms with Gasteiger partial charge in [0.05, 0.1) is 0 Å². The van der Waals surface area contributed by atoms with Gasteiger partial charge in [0.15, 0.2) is 0 Å². The van der Waals surface area contributed by atoms with Gasteiger partial charge in [-0.05, 0) is 34.1 Å². The molecule has 0 aromatic carbocycles. The fourth-order valence-corrected chi connectivity index (χ4v) is 1.94. The zero-order chi connectivity index (χ0) is 9.72. The van der Waals surface area contributed by atoms with Crippen molar-refractivity contribution in [2.75, 3.05) is 6.54 Å². The third kappa shape index (κ3) is 3.11. The van der Waals surface area contributed by atoms with Gasteiger partial charge in [0.25, 0.3) is 0 Å². The monoisotopic (exact) mass is 172 g/mol. The Morgan fingerprint density at radius 3 is 1.58 bits per heavy atom. The van der Waals surface area contributed by atoms with E-state index in [1.54, 1.807) is 0 Å². The molecule has 0 fully saturated rings. The molecule has 1 atom stereocenters. The van der Waals surface area contributed by atoms with Crippen LogP contribution in [-0.4, -0.2) is 29.6 Å². The molecule has 2 nitrogen and oxygen atoms in total. The average Bonchev–Trinajstić information content (AvgIpc) is 1.98. The SMILES string of the molecule is CCC(CN)N(C(C)C)C(C)C. The smallest absolute Gasteiger partial charge is 0.0221 e. The van der Waals surface area contributed by atoms with Crippen molar-refractivity contribution in [1.29, 1.82) is 0 Å². The molecule has 0 saturated heterocycles. The van der Waals surface area contributed by atoms with Crippen molar-refractivity contribution < 1.29 is 0 Å². The van der Waals surface area contributed by atoms with Crippen LogP contribution in [0.4, 0.5) is 0 Å². The van der Waals surface area contributed by atoms with Gasteiger partial charge in [-0.2, -0.15) is 0 Å². The Bertz CT molecular complexity index is 98.4. The second-order valence-corrected chi connectivity index (χ2v) is 3.93. The predicted octanol–water partition coefficient (Wildman–Crippen LogP) is 1.84. The number of nitrogens with two attached hydrogens (primary N) is 1. The summed E-state index contributed by atoms with van der Waals surface area (Å²) in [7, 11) is 0. The van der Waals surface area contributed by atoms with E-state index in [-0.39, 0.29) is 0 Å². The van der Waals surface area contributed by atoms with Crippen molar-refractivity contribution in [3.8, 4) is 0 Å². The fraction of sp³-hybridized carbons (Fsp3) is 1.00. The second kappa shape index (κ2) is 5.55. The molecule has 0 rings (SSSR count). The highest BCUT2D eigenvalue weighted by Gasteiger charge is 2.20. The first-order valence-electron chi connectivity index (χ1n) is 5.02. The number of hydrogen-bond donors (Lipinski definition) is 1. The maximum atomic E-state index is 5.72. The van der Waals surface area contributed by atoms with Crippen molar-refractivity contribution in [3.63, 3.8) is 0 Å². The highest BCUT2D eigenvalue weighted by molar-refractivity contribution is 4.77. The second-order valence-electron chi connectivity index (χ2n) is 3.93. The standard InChI is InChI=1S/C10H24N2/c1-6-10(7-11)12(8(2)3)9(4)5/h8-10H,6-7,11H2,1-5H3. The Morgan fingerprint density at radius 2 is 1.50 bits per heavy atom. The van der Waals surface area contributed by atoms with Crippen LogP contribution in [0.15, 0.2) is 0 Å². The summed E-state index contributed by atoms with van der Waals surface area (Å²) in [5.41, 5.74) is 5.72. The summed E-state index contributed by atoms with van der Waals surface area (Å²) in [5, 5.41) is 0. The maximum Gasteiger partial charge on any atom is 0.0221 e. The molecular formula is C10H24N2. The van der Waals surface area contributed by atoms with Gasteiger partial charge < -0.3 is 5.73 Å². The van der Waals surface area contributed by atoms with Crippen LogP contribution in [0, 0.1) is 0 Å². The van der Waals surface area contributed by atoms with Gasteiger partial charge in [-0.15, -0.1) is 0 Å².